The smallest absolute Gasteiger partial charge is 0.317 e. The quantitative estimate of drug-likeness (QED) is 0.462. The molecule has 1 atom stereocenters. The van der Waals surface area contributed by atoms with E-state index in [1.54, 1.807) is 36.1 Å². The number of methoxy groups -OCH3 is 1. The Balaban J connectivity index is 1.58. The lowest BCUT2D eigenvalue weighted by Gasteiger charge is -2.29. The van der Waals surface area contributed by atoms with Gasteiger partial charge in [-0.25, -0.2) is 14.5 Å². The average molecular weight is 481 g/mol. The zero-order valence-electron chi connectivity index (χ0n) is 19.9. The number of nitrogens with one attached hydrogen (secondary N) is 2. The van der Waals surface area contributed by atoms with Gasteiger partial charge in [-0.3, -0.25) is 4.79 Å². The zero-order valence-corrected chi connectivity index (χ0v) is 19.9. The van der Waals surface area contributed by atoms with Gasteiger partial charge in [0, 0.05) is 19.6 Å². The third-order valence-corrected chi connectivity index (χ3v) is 5.79. The summed E-state index contributed by atoms with van der Waals surface area (Å²) in [5.41, 5.74) is 2.73. The van der Waals surface area contributed by atoms with Crippen molar-refractivity contribution in [1.82, 2.24) is 35.4 Å². The van der Waals surface area contributed by atoms with E-state index in [9.17, 15) is 14.7 Å². The van der Waals surface area contributed by atoms with Gasteiger partial charge in [-0.05, 0) is 66.1 Å². The number of aliphatic hydroxyl groups excluding tert-OH is 1. The fourth-order valence-electron chi connectivity index (χ4n) is 3.92. The molecule has 0 unspecified atom stereocenters. The van der Waals surface area contributed by atoms with E-state index in [1.807, 2.05) is 13.0 Å². The molecule has 1 aliphatic heterocycles. The van der Waals surface area contributed by atoms with Crippen molar-refractivity contribution in [2.24, 2.45) is 0 Å². The molecule has 1 aliphatic rings. The molecule has 4 rings (SSSR count). The summed E-state index contributed by atoms with van der Waals surface area (Å²) >= 11 is 0. The Morgan fingerprint density at radius 1 is 1.26 bits per heavy atom. The summed E-state index contributed by atoms with van der Waals surface area (Å²) in [6, 6.07) is 8.27. The lowest BCUT2D eigenvalue weighted by atomic mass is 9.96. The summed E-state index contributed by atoms with van der Waals surface area (Å²) < 4.78 is 6.97. The lowest BCUT2D eigenvalue weighted by molar-refractivity contribution is 0.102. The Morgan fingerprint density at radius 3 is 2.83 bits per heavy atom. The van der Waals surface area contributed by atoms with Gasteiger partial charge >= 0.3 is 6.03 Å². The summed E-state index contributed by atoms with van der Waals surface area (Å²) in [5, 5.41) is 26.7. The molecular formula is C23H28N8O4. The second-order valence-electron chi connectivity index (χ2n) is 8.17. The van der Waals surface area contributed by atoms with Gasteiger partial charge < -0.3 is 25.4 Å². The van der Waals surface area contributed by atoms with E-state index >= 15 is 0 Å². The summed E-state index contributed by atoms with van der Waals surface area (Å²) in [6.07, 6.45) is 0.676. The van der Waals surface area contributed by atoms with E-state index in [-0.39, 0.29) is 18.7 Å². The number of anilines is 1. The normalized spacial score (nSPS) is 13.7. The van der Waals surface area contributed by atoms with E-state index in [4.69, 9.17) is 4.74 Å². The molecule has 0 fully saturated rings. The van der Waals surface area contributed by atoms with Crippen molar-refractivity contribution in [3.63, 3.8) is 0 Å². The van der Waals surface area contributed by atoms with Gasteiger partial charge in [0.15, 0.2) is 0 Å². The third kappa shape index (κ3) is 5.06. The predicted octanol–water partition coefficient (Wildman–Crippen LogP) is 1.64. The molecule has 0 bridgehead atoms. The van der Waals surface area contributed by atoms with Crippen LogP contribution in [0, 0.1) is 0 Å². The standard InChI is InChI=1S/C23H28N8O4/c1-4-24-23(34)30-9-8-15-11-19(35-3)17(10-16(15)12-30)22(33)26-20-7-5-6-18(25-20)21-27-28-29-31(21)14(2)13-32/h5-7,10-11,14,32H,4,8-9,12-13H2,1-3H3,(H,24,34)(H,25,26,33)/t14-/m1/s1. The average Bonchev–Trinajstić information content (AvgIpc) is 3.37. The molecule has 1 aromatic carbocycles. The molecule has 0 saturated heterocycles. The number of amides is 3. The Kier molecular flexibility index (Phi) is 7.20. The first-order chi connectivity index (χ1) is 16.9. The van der Waals surface area contributed by atoms with Gasteiger partial charge in [0.05, 0.1) is 25.3 Å². The van der Waals surface area contributed by atoms with Crippen LogP contribution in [0.2, 0.25) is 0 Å². The summed E-state index contributed by atoms with van der Waals surface area (Å²) in [7, 11) is 1.52. The molecule has 184 valence electrons. The monoisotopic (exact) mass is 480 g/mol. The van der Waals surface area contributed by atoms with Crippen LogP contribution in [0.15, 0.2) is 30.3 Å². The molecular weight excluding hydrogens is 452 g/mol. The van der Waals surface area contributed by atoms with E-state index in [2.05, 4.69) is 31.1 Å². The molecule has 3 heterocycles. The van der Waals surface area contributed by atoms with Crippen LogP contribution >= 0.6 is 0 Å². The number of carbonyl (C=O) groups is 2. The van der Waals surface area contributed by atoms with Crippen molar-refractivity contribution in [1.29, 1.82) is 0 Å². The summed E-state index contributed by atoms with van der Waals surface area (Å²) in [6.45, 7) is 5.07. The summed E-state index contributed by atoms with van der Waals surface area (Å²) in [5.74, 6) is 0.735. The van der Waals surface area contributed by atoms with Gasteiger partial charge in [-0.1, -0.05) is 6.07 Å². The second kappa shape index (κ2) is 10.5. The third-order valence-electron chi connectivity index (χ3n) is 5.79. The Hall–Kier alpha value is -4.06. The number of carbonyl (C=O) groups excluding carboxylic acids is 2. The van der Waals surface area contributed by atoms with Crippen molar-refractivity contribution in [3.8, 4) is 17.3 Å². The fourth-order valence-corrected chi connectivity index (χ4v) is 3.92. The van der Waals surface area contributed by atoms with Gasteiger partial charge in [0.1, 0.15) is 17.3 Å². The first-order valence-corrected chi connectivity index (χ1v) is 11.3. The lowest BCUT2D eigenvalue weighted by Crippen LogP contribution is -2.42. The van der Waals surface area contributed by atoms with Gasteiger partial charge in [0.2, 0.25) is 5.82 Å². The minimum atomic E-state index is -0.396. The molecule has 12 heteroatoms. The molecule has 3 N–H and O–H groups in total. The molecule has 35 heavy (non-hydrogen) atoms. The molecule has 0 aliphatic carbocycles. The number of tetrazole rings is 1. The number of hydrogen-bond donors (Lipinski definition) is 3. The molecule has 2 aromatic heterocycles. The minimum Gasteiger partial charge on any atom is -0.496 e. The van der Waals surface area contributed by atoms with Gasteiger partial charge in [-0.2, -0.15) is 0 Å². The van der Waals surface area contributed by atoms with Crippen molar-refractivity contribution >= 4 is 17.8 Å². The number of pyridine rings is 1. The van der Waals surface area contributed by atoms with Crippen LogP contribution in [-0.2, 0) is 13.0 Å². The Labute approximate surface area is 202 Å². The molecule has 3 amide bonds. The van der Waals surface area contributed by atoms with E-state index in [1.165, 1.54) is 11.8 Å². The maximum Gasteiger partial charge on any atom is 0.317 e. The molecule has 3 aromatic rings. The van der Waals surface area contributed by atoms with Crippen LogP contribution in [0.25, 0.3) is 11.5 Å². The minimum absolute atomic E-state index is 0.126. The van der Waals surface area contributed by atoms with Gasteiger partial charge in [-0.15, -0.1) is 5.10 Å². The number of benzene rings is 1. The highest BCUT2D eigenvalue weighted by atomic mass is 16.5. The number of aliphatic hydroxyl groups is 1. The maximum atomic E-state index is 13.2. The van der Waals surface area contributed by atoms with Crippen LogP contribution < -0.4 is 15.4 Å². The van der Waals surface area contributed by atoms with Crippen LogP contribution in [0.3, 0.4) is 0 Å². The van der Waals surface area contributed by atoms with Crippen molar-refractivity contribution in [3.05, 3.63) is 47.0 Å². The molecule has 12 nitrogen and oxygen atoms in total. The largest absolute Gasteiger partial charge is 0.496 e. The predicted molar refractivity (Wildman–Crippen MR) is 127 cm³/mol. The number of urea groups is 1. The SMILES string of the molecule is CCNC(=O)N1CCc2cc(OC)c(C(=O)Nc3cccc(-c4nnnn4[C@H](C)CO)n3)cc2C1. The van der Waals surface area contributed by atoms with E-state index in [0.717, 1.165) is 11.1 Å². The fraction of sp³-hybridized carbons (Fsp3) is 0.391. The molecule has 0 spiro atoms. The van der Waals surface area contributed by atoms with E-state index < -0.39 is 5.91 Å². The first-order valence-electron chi connectivity index (χ1n) is 11.3. The van der Waals surface area contributed by atoms with Crippen molar-refractivity contribution < 1.29 is 19.4 Å². The number of aromatic nitrogens is 5. The Morgan fingerprint density at radius 2 is 2.09 bits per heavy atom. The number of hydrogen-bond acceptors (Lipinski definition) is 8. The number of ether oxygens (including phenoxy) is 1. The molecule has 0 radical (unpaired) electrons. The topological polar surface area (TPSA) is 147 Å². The highest BCUT2D eigenvalue weighted by Crippen LogP contribution is 2.29. The molecule has 0 saturated carbocycles. The Bertz CT molecular complexity index is 1230. The highest BCUT2D eigenvalue weighted by Gasteiger charge is 2.24. The number of fused-ring (bicyclic) bond motifs is 1. The van der Waals surface area contributed by atoms with Gasteiger partial charge in [0.25, 0.3) is 5.91 Å². The van der Waals surface area contributed by atoms with Crippen LogP contribution in [0.1, 0.15) is 41.4 Å². The van der Waals surface area contributed by atoms with Crippen molar-refractivity contribution in [2.45, 2.75) is 32.9 Å². The highest BCUT2D eigenvalue weighted by molar-refractivity contribution is 6.06. The van der Waals surface area contributed by atoms with Crippen LogP contribution in [0.4, 0.5) is 10.6 Å². The van der Waals surface area contributed by atoms with E-state index in [0.29, 0.717) is 54.7 Å². The van der Waals surface area contributed by atoms with Crippen molar-refractivity contribution in [2.75, 3.05) is 32.1 Å². The summed E-state index contributed by atoms with van der Waals surface area (Å²) in [4.78, 5) is 31.7. The number of nitrogens with zero attached hydrogens (tertiary/aromatic N) is 6. The van der Waals surface area contributed by atoms with Crippen LogP contribution in [-0.4, -0.2) is 73.9 Å². The second-order valence-corrected chi connectivity index (χ2v) is 8.17. The number of rotatable bonds is 7. The first kappa shape index (κ1) is 24.1. The van der Waals surface area contributed by atoms with Crippen LogP contribution in [0.5, 0.6) is 5.75 Å². The zero-order chi connectivity index (χ0) is 24.9. The maximum absolute atomic E-state index is 13.2.